The molecular formula is C21H24N2O3S. The summed E-state index contributed by atoms with van der Waals surface area (Å²) in [5.74, 6) is 1.20. The topological polar surface area (TPSA) is 51.7 Å². The van der Waals surface area contributed by atoms with Crippen molar-refractivity contribution in [3.05, 3.63) is 53.0 Å². The van der Waals surface area contributed by atoms with Crippen molar-refractivity contribution in [3.63, 3.8) is 0 Å². The maximum absolute atomic E-state index is 12.9. The molecule has 3 rings (SSSR count). The second kappa shape index (κ2) is 8.86. The number of benzene rings is 2. The van der Waals surface area contributed by atoms with Crippen molar-refractivity contribution in [1.29, 1.82) is 0 Å². The first-order chi connectivity index (χ1) is 13.1. The largest absolute Gasteiger partial charge is 0.490 e. The van der Waals surface area contributed by atoms with Gasteiger partial charge in [0.05, 0.1) is 30.0 Å². The minimum Gasteiger partial charge on any atom is -0.490 e. The minimum absolute atomic E-state index is 0.0720. The molecule has 2 aromatic carbocycles. The number of amides is 1. The molecule has 0 radical (unpaired) electrons. The van der Waals surface area contributed by atoms with Gasteiger partial charge in [-0.1, -0.05) is 19.1 Å². The molecule has 0 bridgehead atoms. The highest BCUT2D eigenvalue weighted by atomic mass is 32.1. The van der Waals surface area contributed by atoms with E-state index in [0.29, 0.717) is 36.8 Å². The Morgan fingerprint density at radius 1 is 1.11 bits per heavy atom. The second-order valence-electron chi connectivity index (χ2n) is 6.18. The number of rotatable bonds is 8. The van der Waals surface area contributed by atoms with Gasteiger partial charge in [-0.2, -0.15) is 0 Å². The van der Waals surface area contributed by atoms with Gasteiger partial charge < -0.3 is 14.4 Å². The molecule has 0 spiro atoms. The number of thiazole rings is 1. The molecule has 0 N–H and O–H groups in total. The van der Waals surface area contributed by atoms with Crippen LogP contribution in [0.1, 0.15) is 35.6 Å². The molecule has 142 valence electrons. The molecule has 0 aliphatic rings. The smallest absolute Gasteiger partial charge is 0.254 e. The number of para-hydroxylation sites is 1. The van der Waals surface area contributed by atoms with Crippen LogP contribution < -0.4 is 9.47 Å². The van der Waals surface area contributed by atoms with Crippen LogP contribution in [0.15, 0.2) is 42.5 Å². The first-order valence-corrected chi connectivity index (χ1v) is 9.93. The minimum atomic E-state index is -0.0720. The summed E-state index contributed by atoms with van der Waals surface area (Å²) in [6, 6.07) is 13.3. The molecule has 0 saturated heterocycles. The molecule has 0 fully saturated rings. The molecule has 0 saturated carbocycles. The predicted octanol–water partition coefficient (Wildman–Crippen LogP) is 4.76. The summed E-state index contributed by atoms with van der Waals surface area (Å²) in [5.41, 5.74) is 1.54. The lowest BCUT2D eigenvalue weighted by Gasteiger charge is -2.17. The lowest BCUT2D eigenvalue weighted by Crippen LogP contribution is -2.26. The van der Waals surface area contributed by atoms with E-state index in [1.54, 1.807) is 41.5 Å². The fraction of sp³-hybridized carbons (Fsp3) is 0.333. The zero-order chi connectivity index (χ0) is 19.2. The average molecular weight is 385 g/mol. The summed E-state index contributed by atoms with van der Waals surface area (Å²) in [4.78, 5) is 19.1. The van der Waals surface area contributed by atoms with Gasteiger partial charge in [-0.3, -0.25) is 4.79 Å². The van der Waals surface area contributed by atoms with Crippen molar-refractivity contribution in [2.45, 2.75) is 26.8 Å². The molecule has 0 unspecified atom stereocenters. The highest BCUT2D eigenvalue weighted by Gasteiger charge is 2.17. The SMILES string of the molecule is CCCOc1ccc(C(=O)N(C)Cc2nc3ccccc3s2)cc1OCC. The normalized spacial score (nSPS) is 10.8. The monoisotopic (exact) mass is 384 g/mol. The Morgan fingerprint density at radius 3 is 2.67 bits per heavy atom. The number of nitrogens with zero attached hydrogens (tertiary/aromatic N) is 2. The maximum atomic E-state index is 12.9. The lowest BCUT2D eigenvalue weighted by atomic mass is 10.1. The Kier molecular flexibility index (Phi) is 6.29. The summed E-state index contributed by atoms with van der Waals surface area (Å²) in [6.07, 6.45) is 0.914. The molecule has 27 heavy (non-hydrogen) atoms. The highest BCUT2D eigenvalue weighted by molar-refractivity contribution is 7.18. The molecule has 6 heteroatoms. The number of hydrogen-bond donors (Lipinski definition) is 0. The maximum Gasteiger partial charge on any atom is 0.254 e. The second-order valence-corrected chi connectivity index (χ2v) is 7.29. The van der Waals surface area contributed by atoms with E-state index in [4.69, 9.17) is 9.47 Å². The zero-order valence-electron chi connectivity index (χ0n) is 15.9. The lowest BCUT2D eigenvalue weighted by molar-refractivity contribution is 0.0784. The van der Waals surface area contributed by atoms with Crippen molar-refractivity contribution < 1.29 is 14.3 Å². The number of carbonyl (C=O) groups excluding carboxylic acids is 1. The molecule has 0 atom stereocenters. The Bertz CT molecular complexity index is 890. The molecule has 1 heterocycles. The van der Waals surface area contributed by atoms with Crippen LogP contribution in [0, 0.1) is 0 Å². The molecule has 0 aliphatic heterocycles. The fourth-order valence-electron chi connectivity index (χ4n) is 2.72. The van der Waals surface area contributed by atoms with Crippen LogP contribution in [0.3, 0.4) is 0 Å². The van der Waals surface area contributed by atoms with Gasteiger partial charge in [0.15, 0.2) is 11.5 Å². The third-order valence-corrected chi connectivity index (χ3v) is 5.03. The average Bonchev–Trinajstić information content (AvgIpc) is 3.08. The van der Waals surface area contributed by atoms with Gasteiger partial charge in [0.1, 0.15) is 5.01 Å². The van der Waals surface area contributed by atoms with E-state index in [1.165, 1.54) is 0 Å². The van der Waals surface area contributed by atoms with Gasteiger partial charge in [0, 0.05) is 12.6 Å². The Balaban J connectivity index is 1.76. The molecule has 1 aromatic heterocycles. The van der Waals surface area contributed by atoms with Crippen LogP contribution in [0.25, 0.3) is 10.2 Å². The van der Waals surface area contributed by atoms with Crippen molar-refractivity contribution in [1.82, 2.24) is 9.88 Å². The van der Waals surface area contributed by atoms with Gasteiger partial charge in [0.2, 0.25) is 0 Å². The van der Waals surface area contributed by atoms with E-state index in [1.807, 2.05) is 31.2 Å². The highest BCUT2D eigenvalue weighted by Crippen LogP contribution is 2.29. The van der Waals surface area contributed by atoms with E-state index >= 15 is 0 Å². The summed E-state index contributed by atoms with van der Waals surface area (Å²) < 4.78 is 12.5. The molecular weight excluding hydrogens is 360 g/mol. The number of fused-ring (bicyclic) bond motifs is 1. The van der Waals surface area contributed by atoms with Gasteiger partial charge in [0.25, 0.3) is 5.91 Å². The van der Waals surface area contributed by atoms with E-state index < -0.39 is 0 Å². The Morgan fingerprint density at radius 2 is 1.93 bits per heavy atom. The number of ether oxygens (including phenoxy) is 2. The zero-order valence-corrected chi connectivity index (χ0v) is 16.7. The summed E-state index contributed by atoms with van der Waals surface area (Å²) in [6.45, 7) is 5.56. The first-order valence-electron chi connectivity index (χ1n) is 9.12. The van der Waals surface area contributed by atoms with Crippen LogP contribution in [0.2, 0.25) is 0 Å². The first kappa shape index (κ1) is 19.2. The van der Waals surface area contributed by atoms with E-state index in [0.717, 1.165) is 21.6 Å². The number of aromatic nitrogens is 1. The number of carbonyl (C=O) groups is 1. The van der Waals surface area contributed by atoms with Crippen LogP contribution >= 0.6 is 11.3 Å². The quantitative estimate of drug-likeness (QED) is 0.562. The fourth-order valence-corrected chi connectivity index (χ4v) is 3.74. The molecule has 5 nitrogen and oxygen atoms in total. The predicted molar refractivity (Wildman–Crippen MR) is 109 cm³/mol. The molecule has 0 aliphatic carbocycles. The summed E-state index contributed by atoms with van der Waals surface area (Å²) >= 11 is 1.61. The third kappa shape index (κ3) is 4.57. The van der Waals surface area contributed by atoms with Gasteiger partial charge in [-0.15, -0.1) is 11.3 Å². The van der Waals surface area contributed by atoms with Crippen molar-refractivity contribution >= 4 is 27.5 Å². The van der Waals surface area contributed by atoms with Crippen LogP contribution in [0.4, 0.5) is 0 Å². The van der Waals surface area contributed by atoms with Gasteiger partial charge in [-0.25, -0.2) is 4.98 Å². The van der Waals surface area contributed by atoms with E-state index in [2.05, 4.69) is 11.9 Å². The third-order valence-electron chi connectivity index (χ3n) is 4.01. The summed E-state index contributed by atoms with van der Waals surface area (Å²) in [7, 11) is 1.79. The van der Waals surface area contributed by atoms with Crippen molar-refractivity contribution in [3.8, 4) is 11.5 Å². The molecule has 3 aromatic rings. The molecule has 1 amide bonds. The summed E-state index contributed by atoms with van der Waals surface area (Å²) in [5, 5.41) is 0.917. The van der Waals surface area contributed by atoms with Crippen molar-refractivity contribution in [2.75, 3.05) is 20.3 Å². The van der Waals surface area contributed by atoms with Crippen LogP contribution in [0.5, 0.6) is 11.5 Å². The standard InChI is InChI=1S/C21H24N2O3S/c1-4-12-26-17-11-10-15(13-18(17)25-5-2)21(24)23(3)14-20-22-16-8-6-7-9-19(16)27-20/h6-11,13H,4-5,12,14H2,1-3H3. The number of hydrogen-bond acceptors (Lipinski definition) is 5. The van der Waals surface area contributed by atoms with Crippen molar-refractivity contribution in [2.24, 2.45) is 0 Å². The van der Waals surface area contributed by atoms with Crippen LogP contribution in [-0.4, -0.2) is 36.1 Å². The van der Waals surface area contributed by atoms with Crippen LogP contribution in [-0.2, 0) is 6.54 Å². The van der Waals surface area contributed by atoms with Gasteiger partial charge in [-0.05, 0) is 43.7 Å². The Labute approximate surface area is 163 Å². The van der Waals surface area contributed by atoms with Gasteiger partial charge >= 0.3 is 0 Å². The Hall–Kier alpha value is -2.60. The van der Waals surface area contributed by atoms with E-state index in [9.17, 15) is 4.79 Å². The van der Waals surface area contributed by atoms with E-state index in [-0.39, 0.29) is 5.91 Å².